The first-order valence-corrected chi connectivity index (χ1v) is 13.8. The van der Waals surface area contributed by atoms with Gasteiger partial charge in [0.25, 0.3) is 0 Å². The van der Waals surface area contributed by atoms with Crippen LogP contribution in [0.4, 0.5) is 10.2 Å². The summed E-state index contributed by atoms with van der Waals surface area (Å²) in [4.78, 5) is 8.97. The van der Waals surface area contributed by atoms with Gasteiger partial charge in [-0.25, -0.2) is 22.8 Å². The molecule has 0 amide bonds. The molecule has 2 fully saturated rings. The molecule has 2 aliphatic rings. The van der Waals surface area contributed by atoms with Gasteiger partial charge in [0.15, 0.2) is 0 Å². The first kappa shape index (κ1) is 23.8. The number of fused-ring (bicyclic) bond motifs is 1. The number of halogens is 1. The van der Waals surface area contributed by atoms with Crippen molar-refractivity contribution in [1.82, 2.24) is 14.3 Å². The van der Waals surface area contributed by atoms with Crippen LogP contribution in [0.2, 0.25) is 0 Å². The van der Waals surface area contributed by atoms with Crippen molar-refractivity contribution in [3.8, 4) is 16.9 Å². The van der Waals surface area contributed by atoms with Gasteiger partial charge < -0.3 is 10.1 Å². The Balaban J connectivity index is 1.33. The minimum absolute atomic E-state index is 0.0378. The number of sulfonamides is 1. The van der Waals surface area contributed by atoms with E-state index in [0.29, 0.717) is 17.4 Å². The number of nitrogens with zero attached hydrogens (tertiary/aromatic N) is 3. The molecule has 0 radical (unpaired) electrons. The summed E-state index contributed by atoms with van der Waals surface area (Å²) in [6, 6.07) is 17.4. The molecule has 1 N–H and O–H groups in total. The first-order valence-electron chi connectivity index (χ1n) is 12.4. The van der Waals surface area contributed by atoms with E-state index in [1.165, 1.54) is 29.6 Å². The molecule has 3 aromatic carbocycles. The Hall–Kier alpha value is -3.56. The highest BCUT2D eigenvalue weighted by atomic mass is 32.2. The molecule has 1 aromatic heterocycles. The Morgan fingerprint density at radius 2 is 1.70 bits per heavy atom. The fourth-order valence-electron chi connectivity index (χ4n) is 4.47. The maximum Gasteiger partial charge on any atom is 0.243 e. The highest BCUT2D eigenvalue weighted by Crippen LogP contribution is 2.36. The number of methoxy groups -OCH3 is 1. The van der Waals surface area contributed by atoms with E-state index >= 15 is 4.39 Å². The van der Waals surface area contributed by atoms with E-state index in [1.54, 1.807) is 30.6 Å². The van der Waals surface area contributed by atoms with Crippen molar-refractivity contribution < 1.29 is 17.5 Å². The molecule has 0 bridgehead atoms. The van der Waals surface area contributed by atoms with Crippen molar-refractivity contribution in [3.05, 3.63) is 78.4 Å². The second kappa shape index (κ2) is 9.39. The number of aromatic nitrogens is 2. The van der Waals surface area contributed by atoms with E-state index in [0.717, 1.165) is 53.5 Å². The zero-order chi connectivity index (χ0) is 25.6. The lowest BCUT2D eigenvalue weighted by atomic mass is 10.0. The minimum Gasteiger partial charge on any atom is -0.497 e. The van der Waals surface area contributed by atoms with Gasteiger partial charge in [-0.15, -0.1) is 0 Å². The number of benzene rings is 3. The molecule has 0 saturated heterocycles. The van der Waals surface area contributed by atoms with E-state index in [-0.39, 0.29) is 17.5 Å². The van der Waals surface area contributed by atoms with Crippen molar-refractivity contribution in [1.29, 1.82) is 0 Å². The SMILES string of the molecule is COc1ccc(S(=O)(=O)N(Cc2cc(-c3ccc4ncnc(NC5CC5)c4c3)ccc2F)C2CC2)cc1. The topological polar surface area (TPSA) is 84.4 Å². The van der Waals surface area contributed by atoms with Gasteiger partial charge in [-0.2, -0.15) is 4.31 Å². The largest absolute Gasteiger partial charge is 0.497 e. The van der Waals surface area contributed by atoms with Crippen molar-refractivity contribution >= 4 is 26.7 Å². The maximum absolute atomic E-state index is 15.0. The zero-order valence-corrected chi connectivity index (χ0v) is 21.2. The third kappa shape index (κ3) is 4.89. The molecular formula is C28H27FN4O3S. The van der Waals surface area contributed by atoms with E-state index in [9.17, 15) is 8.42 Å². The number of hydrogen-bond donors (Lipinski definition) is 1. The Labute approximate surface area is 215 Å². The van der Waals surface area contributed by atoms with E-state index in [2.05, 4.69) is 15.3 Å². The number of rotatable bonds is 9. The highest BCUT2D eigenvalue weighted by molar-refractivity contribution is 7.89. The van der Waals surface area contributed by atoms with E-state index in [1.807, 2.05) is 18.2 Å². The average Bonchev–Trinajstić information content (AvgIpc) is 3.84. The lowest BCUT2D eigenvalue weighted by molar-refractivity contribution is 0.391. The molecule has 0 aliphatic heterocycles. The van der Waals surface area contributed by atoms with Crippen LogP contribution in [0.15, 0.2) is 71.9 Å². The van der Waals surface area contributed by atoms with Gasteiger partial charge in [0.05, 0.1) is 17.5 Å². The van der Waals surface area contributed by atoms with Crippen molar-refractivity contribution in [2.45, 2.75) is 49.2 Å². The van der Waals surface area contributed by atoms with Crippen molar-refractivity contribution in [2.75, 3.05) is 12.4 Å². The summed E-state index contributed by atoms with van der Waals surface area (Å²) in [7, 11) is -2.28. The van der Waals surface area contributed by atoms with Crippen LogP contribution >= 0.6 is 0 Å². The summed E-state index contributed by atoms with van der Waals surface area (Å²) in [6.07, 6.45) is 5.33. The molecule has 190 valence electrons. The Kier molecular flexibility index (Phi) is 6.04. The molecule has 7 nitrogen and oxygen atoms in total. The van der Waals surface area contributed by atoms with Gasteiger partial charge in [0.1, 0.15) is 23.7 Å². The van der Waals surface area contributed by atoms with Crippen LogP contribution in [0.5, 0.6) is 5.75 Å². The van der Waals surface area contributed by atoms with Crippen LogP contribution in [-0.4, -0.2) is 41.9 Å². The van der Waals surface area contributed by atoms with Crippen LogP contribution < -0.4 is 10.1 Å². The van der Waals surface area contributed by atoms with Crippen LogP contribution in [0, 0.1) is 5.82 Å². The molecule has 0 atom stereocenters. The average molecular weight is 519 g/mol. The predicted octanol–water partition coefficient (Wildman–Crippen LogP) is 5.37. The fraction of sp³-hybridized carbons (Fsp3) is 0.286. The monoisotopic (exact) mass is 518 g/mol. The number of nitrogens with one attached hydrogen (secondary N) is 1. The van der Waals surface area contributed by atoms with Crippen LogP contribution in [-0.2, 0) is 16.6 Å². The normalized spacial score (nSPS) is 15.8. The molecule has 2 aliphatic carbocycles. The molecule has 2 saturated carbocycles. The third-order valence-corrected chi connectivity index (χ3v) is 8.79. The summed E-state index contributed by atoms with van der Waals surface area (Å²) in [5.74, 6) is 0.939. The van der Waals surface area contributed by atoms with Crippen LogP contribution in [0.1, 0.15) is 31.2 Å². The van der Waals surface area contributed by atoms with Gasteiger partial charge in [-0.05, 0) is 85.3 Å². The second-order valence-corrected chi connectivity index (χ2v) is 11.5. The van der Waals surface area contributed by atoms with Gasteiger partial charge in [0, 0.05) is 29.6 Å². The van der Waals surface area contributed by atoms with Gasteiger partial charge in [0.2, 0.25) is 10.0 Å². The molecule has 4 aromatic rings. The van der Waals surface area contributed by atoms with E-state index < -0.39 is 15.8 Å². The maximum atomic E-state index is 15.0. The zero-order valence-electron chi connectivity index (χ0n) is 20.4. The molecule has 0 spiro atoms. The molecule has 37 heavy (non-hydrogen) atoms. The first-order chi connectivity index (χ1) is 17.9. The number of hydrogen-bond acceptors (Lipinski definition) is 6. The molecule has 1 heterocycles. The van der Waals surface area contributed by atoms with Crippen LogP contribution in [0.3, 0.4) is 0 Å². The predicted molar refractivity (Wildman–Crippen MR) is 140 cm³/mol. The summed E-state index contributed by atoms with van der Waals surface area (Å²) >= 11 is 0. The molecule has 6 rings (SSSR count). The molecular weight excluding hydrogens is 491 g/mol. The number of ether oxygens (including phenoxy) is 1. The van der Waals surface area contributed by atoms with Gasteiger partial charge in [-0.3, -0.25) is 0 Å². The Morgan fingerprint density at radius 3 is 2.41 bits per heavy atom. The Bertz CT molecular complexity index is 1570. The molecule has 9 heteroatoms. The van der Waals surface area contributed by atoms with Crippen LogP contribution in [0.25, 0.3) is 22.0 Å². The van der Waals surface area contributed by atoms with Crippen molar-refractivity contribution in [3.63, 3.8) is 0 Å². The second-order valence-electron chi connectivity index (χ2n) is 9.64. The quantitative estimate of drug-likeness (QED) is 0.321. The minimum atomic E-state index is -3.81. The summed E-state index contributed by atoms with van der Waals surface area (Å²) < 4.78 is 48.6. The number of anilines is 1. The van der Waals surface area contributed by atoms with Crippen molar-refractivity contribution in [2.24, 2.45) is 0 Å². The lowest BCUT2D eigenvalue weighted by Gasteiger charge is -2.23. The highest BCUT2D eigenvalue weighted by Gasteiger charge is 2.38. The summed E-state index contributed by atoms with van der Waals surface area (Å²) in [5.41, 5.74) is 2.85. The third-order valence-electron chi connectivity index (χ3n) is 6.88. The van der Waals surface area contributed by atoms with Gasteiger partial charge >= 0.3 is 0 Å². The Morgan fingerprint density at radius 1 is 0.973 bits per heavy atom. The van der Waals surface area contributed by atoms with E-state index in [4.69, 9.17) is 4.74 Å². The fourth-order valence-corrected chi connectivity index (χ4v) is 6.13. The summed E-state index contributed by atoms with van der Waals surface area (Å²) in [5, 5.41) is 4.35. The smallest absolute Gasteiger partial charge is 0.243 e. The lowest BCUT2D eigenvalue weighted by Crippen LogP contribution is -2.33. The van der Waals surface area contributed by atoms with Gasteiger partial charge in [-0.1, -0.05) is 12.1 Å². The standard InChI is InChI=1S/C28H27FN4O3S/c1-36-23-8-10-24(11-9-23)37(34,35)33(22-6-7-22)16-20-14-18(2-12-26(20)29)19-3-13-27-25(15-19)28(31-17-30-27)32-21-4-5-21/h2-3,8-15,17,21-22H,4-7,16H2,1H3,(H,30,31,32). The molecule has 0 unspecified atom stereocenters. The summed E-state index contributed by atoms with van der Waals surface area (Å²) in [6.45, 7) is -0.0378.